The summed E-state index contributed by atoms with van der Waals surface area (Å²) in [4.78, 5) is 46.8. The van der Waals surface area contributed by atoms with Crippen molar-refractivity contribution in [2.45, 2.75) is 31.0 Å². The van der Waals surface area contributed by atoms with E-state index in [2.05, 4.69) is 0 Å². The van der Waals surface area contributed by atoms with Crippen molar-refractivity contribution in [2.24, 2.45) is 0 Å². The van der Waals surface area contributed by atoms with E-state index in [0.717, 1.165) is 24.3 Å². The third kappa shape index (κ3) is 4.80. The molecule has 2 heterocycles. The van der Waals surface area contributed by atoms with Crippen molar-refractivity contribution in [1.29, 1.82) is 0 Å². The third-order valence-corrected chi connectivity index (χ3v) is 4.48. The molecule has 0 aliphatic carbocycles. The number of nitro benzene ring substituents is 1. The standard InChI is InChI=1S/C17H14F3N3O8/c18-17(19,20)10-6-22(16(27)21-14(10)25)13-5-11(24)12(31-13)7-30-15(26)8-1-3-9(4-2-8)23(28)29/h1-4,6,11-13,24H,5,7H2,(H,21,25,27)/t11-,12-,13-/m1/s1. The Balaban J connectivity index is 1.69. The number of aliphatic hydroxyl groups is 1. The van der Waals surface area contributed by atoms with Gasteiger partial charge in [-0.05, 0) is 12.1 Å². The van der Waals surface area contributed by atoms with Crippen molar-refractivity contribution in [3.63, 3.8) is 0 Å². The fourth-order valence-electron chi connectivity index (χ4n) is 2.90. The normalized spacial score (nSPS) is 21.1. The third-order valence-electron chi connectivity index (χ3n) is 4.48. The van der Waals surface area contributed by atoms with Crippen molar-refractivity contribution in [3.8, 4) is 0 Å². The predicted octanol–water partition coefficient (Wildman–Crippen LogP) is 0.969. The summed E-state index contributed by atoms with van der Waals surface area (Å²) in [5.41, 5.74) is -4.64. The number of carbonyl (C=O) groups excluding carboxylic acids is 1. The molecule has 1 aliphatic heterocycles. The van der Waals surface area contributed by atoms with Crippen molar-refractivity contribution in [2.75, 3.05) is 6.61 Å². The lowest BCUT2D eigenvalue weighted by atomic mass is 10.2. The van der Waals surface area contributed by atoms with Gasteiger partial charge in [0.25, 0.3) is 11.2 Å². The van der Waals surface area contributed by atoms with E-state index in [1.54, 1.807) is 4.98 Å². The van der Waals surface area contributed by atoms with Crippen LogP contribution in [0, 0.1) is 10.1 Å². The van der Waals surface area contributed by atoms with E-state index in [4.69, 9.17) is 9.47 Å². The Hall–Kier alpha value is -3.52. The van der Waals surface area contributed by atoms with E-state index < -0.39 is 58.9 Å². The molecule has 3 atom stereocenters. The molecule has 2 N–H and O–H groups in total. The molecule has 166 valence electrons. The minimum atomic E-state index is -5.01. The largest absolute Gasteiger partial charge is 0.459 e. The SMILES string of the molecule is O=C(OC[C@H]1O[C@@H](n2cc(C(F)(F)F)c(=O)[nH]c2=O)C[C@H]1O)c1ccc([N+](=O)[O-])cc1. The zero-order valence-corrected chi connectivity index (χ0v) is 15.4. The topological polar surface area (TPSA) is 154 Å². The average Bonchev–Trinajstić information content (AvgIpc) is 3.05. The van der Waals surface area contributed by atoms with Crippen LogP contribution in [0.4, 0.5) is 18.9 Å². The second-order valence-corrected chi connectivity index (χ2v) is 6.54. The molecule has 1 aromatic carbocycles. The van der Waals surface area contributed by atoms with Gasteiger partial charge in [0.05, 0.1) is 16.6 Å². The summed E-state index contributed by atoms with van der Waals surface area (Å²) in [6.07, 6.45) is -8.82. The summed E-state index contributed by atoms with van der Waals surface area (Å²) >= 11 is 0. The molecule has 1 saturated heterocycles. The maximum atomic E-state index is 12.9. The maximum absolute atomic E-state index is 12.9. The number of aromatic amines is 1. The minimum Gasteiger partial charge on any atom is -0.459 e. The first kappa shape index (κ1) is 22.2. The van der Waals surface area contributed by atoms with E-state index in [-0.39, 0.29) is 17.7 Å². The molecule has 0 amide bonds. The molecule has 1 aromatic heterocycles. The van der Waals surface area contributed by atoms with E-state index in [1.807, 2.05) is 0 Å². The van der Waals surface area contributed by atoms with Crippen LogP contribution < -0.4 is 11.2 Å². The van der Waals surface area contributed by atoms with Gasteiger partial charge in [-0.3, -0.25) is 24.5 Å². The summed E-state index contributed by atoms with van der Waals surface area (Å²) in [6, 6.07) is 4.50. The second kappa shape index (κ2) is 8.31. The molecular formula is C17H14F3N3O8. The minimum absolute atomic E-state index is 0.0127. The van der Waals surface area contributed by atoms with Crippen molar-refractivity contribution in [1.82, 2.24) is 9.55 Å². The van der Waals surface area contributed by atoms with E-state index in [0.29, 0.717) is 10.8 Å². The number of carbonyl (C=O) groups is 1. The number of nitrogens with one attached hydrogen (secondary N) is 1. The molecule has 1 fully saturated rings. The number of ether oxygens (including phenoxy) is 2. The number of non-ortho nitro benzene ring substituents is 1. The van der Waals surface area contributed by atoms with Gasteiger partial charge in [0.2, 0.25) is 0 Å². The number of aliphatic hydroxyl groups excluding tert-OH is 1. The highest BCUT2D eigenvalue weighted by atomic mass is 19.4. The fraction of sp³-hybridized carbons (Fsp3) is 0.353. The van der Waals surface area contributed by atoms with Crippen LogP contribution in [-0.2, 0) is 15.7 Å². The number of rotatable bonds is 5. The predicted molar refractivity (Wildman–Crippen MR) is 94.2 cm³/mol. The molecule has 0 radical (unpaired) electrons. The zero-order chi connectivity index (χ0) is 22.9. The number of nitrogens with zero attached hydrogens (tertiary/aromatic N) is 2. The maximum Gasteiger partial charge on any atom is 0.423 e. The molecular weight excluding hydrogens is 431 g/mol. The van der Waals surface area contributed by atoms with Crippen LogP contribution in [0.15, 0.2) is 40.1 Å². The fourth-order valence-corrected chi connectivity index (χ4v) is 2.90. The van der Waals surface area contributed by atoms with E-state index in [9.17, 15) is 42.8 Å². The molecule has 0 unspecified atom stereocenters. The Morgan fingerprint density at radius 2 is 1.97 bits per heavy atom. The van der Waals surface area contributed by atoms with Crippen LogP contribution in [-0.4, -0.2) is 44.4 Å². The number of alkyl halides is 3. The van der Waals surface area contributed by atoms with Gasteiger partial charge in [0.15, 0.2) is 0 Å². The van der Waals surface area contributed by atoms with Crippen LogP contribution in [0.2, 0.25) is 0 Å². The molecule has 3 rings (SSSR count). The van der Waals surface area contributed by atoms with Gasteiger partial charge in [-0.15, -0.1) is 0 Å². The smallest absolute Gasteiger partial charge is 0.423 e. The second-order valence-electron chi connectivity index (χ2n) is 6.54. The van der Waals surface area contributed by atoms with Crippen molar-refractivity contribution < 1.29 is 37.5 Å². The molecule has 11 nitrogen and oxygen atoms in total. The summed E-state index contributed by atoms with van der Waals surface area (Å²) in [5, 5.41) is 20.7. The lowest BCUT2D eigenvalue weighted by Gasteiger charge is -2.17. The van der Waals surface area contributed by atoms with Gasteiger partial charge in [0, 0.05) is 24.8 Å². The van der Waals surface area contributed by atoms with Crippen LogP contribution in [0.25, 0.3) is 0 Å². The molecule has 31 heavy (non-hydrogen) atoms. The van der Waals surface area contributed by atoms with Crippen LogP contribution in [0.3, 0.4) is 0 Å². The number of aromatic nitrogens is 2. The Bertz CT molecular complexity index is 1110. The monoisotopic (exact) mass is 445 g/mol. The van der Waals surface area contributed by atoms with Gasteiger partial charge in [0.1, 0.15) is 24.5 Å². The van der Waals surface area contributed by atoms with E-state index >= 15 is 0 Å². The van der Waals surface area contributed by atoms with Gasteiger partial charge >= 0.3 is 17.8 Å². The molecule has 0 bridgehead atoms. The molecule has 0 spiro atoms. The summed E-state index contributed by atoms with van der Waals surface area (Å²) in [7, 11) is 0. The van der Waals surface area contributed by atoms with Crippen LogP contribution in [0.5, 0.6) is 0 Å². The van der Waals surface area contributed by atoms with Gasteiger partial charge < -0.3 is 14.6 Å². The average molecular weight is 445 g/mol. The van der Waals surface area contributed by atoms with Crippen LogP contribution >= 0.6 is 0 Å². The molecule has 1 aliphatic rings. The highest BCUT2D eigenvalue weighted by molar-refractivity contribution is 5.89. The first-order valence-electron chi connectivity index (χ1n) is 8.65. The number of esters is 1. The Kier molecular flexibility index (Phi) is 5.94. The number of halogens is 3. The quantitative estimate of drug-likeness (QED) is 0.392. The van der Waals surface area contributed by atoms with Crippen LogP contribution in [0.1, 0.15) is 28.6 Å². The highest BCUT2D eigenvalue weighted by Gasteiger charge is 2.39. The number of nitro groups is 1. The zero-order valence-electron chi connectivity index (χ0n) is 15.4. The number of hydrogen-bond donors (Lipinski definition) is 2. The van der Waals surface area contributed by atoms with Gasteiger partial charge in [-0.1, -0.05) is 0 Å². The molecule has 0 saturated carbocycles. The summed E-state index contributed by atoms with van der Waals surface area (Å²) < 4.78 is 49.6. The summed E-state index contributed by atoms with van der Waals surface area (Å²) in [6.45, 7) is -0.502. The first-order chi connectivity index (χ1) is 14.5. The Morgan fingerprint density at radius 3 is 2.55 bits per heavy atom. The number of benzene rings is 1. The first-order valence-corrected chi connectivity index (χ1v) is 8.65. The Morgan fingerprint density at radius 1 is 1.32 bits per heavy atom. The lowest BCUT2D eigenvalue weighted by molar-refractivity contribution is -0.384. The summed E-state index contributed by atoms with van der Waals surface area (Å²) in [5.74, 6) is -0.880. The Labute approximate surface area is 169 Å². The number of hydrogen-bond acceptors (Lipinski definition) is 8. The van der Waals surface area contributed by atoms with Gasteiger partial charge in [-0.25, -0.2) is 9.59 Å². The van der Waals surface area contributed by atoms with Crippen molar-refractivity contribution in [3.05, 3.63) is 72.5 Å². The highest BCUT2D eigenvalue weighted by Crippen LogP contribution is 2.30. The molecule has 2 aromatic rings. The van der Waals surface area contributed by atoms with E-state index in [1.165, 1.54) is 0 Å². The molecule has 14 heteroatoms. The lowest BCUT2D eigenvalue weighted by Crippen LogP contribution is -2.36. The van der Waals surface area contributed by atoms with Crippen molar-refractivity contribution >= 4 is 11.7 Å². The van der Waals surface area contributed by atoms with Gasteiger partial charge in [-0.2, -0.15) is 13.2 Å². The number of H-pyrrole nitrogens is 1.